The summed E-state index contributed by atoms with van der Waals surface area (Å²) in [4.78, 5) is 3.33. The van der Waals surface area contributed by atoms with Gasteiger partial charge >= 0.3 is 0 Å². The van der Waals surface area contributed by atoms with Crippen LogP contribution in [0, 0.1) is 23.3 Å². The first-order valence-electron chi connectivity index (χ1n) is 7.12. The summed E-state index contributed by atoms with van der Waals surface area (Å²) >= 11 is 0. The topological polar surface area (TPSA) is 48.4 Å². The van der Waals surface area contributed by atoms with Crippen LogP contribution in [-0.4, -0.2) is 5.11 Å². The minimum absolute atomic E-state index is 0.0332. The largest absolute Gasteiger partial charge is 0.508 e. The normalized spacial score (nSPS) is 19.2. The molecule has 1 aromatic rings. The first-order valence-corrected chi connectivity index (χ1v) is 7.12. The second kappa shape index (κ2) is 6.33. The maximum Gasteiger partial charge on any atom is 0.265 e. The predicted molar refractivity (Wildman–Crippen MR) is 87.5 cm³/mol. The Bertz CT molecular complexity index is 719. The Hall–Kier alpha value is -2.78. The van der Waals surface area contributed by atoms with Gasteiger partial charge in [0.1, 0.15) is 5.75 Å². The quantitative estimate of drug-likeness (QED) is 0.625. The second-order valence-electron chi connectivity index (χ2n) is 6.26. The molecule has 1 aliphatic carbocycles. The molecule has 0 aliphatic heterocycles. The molecule has 0 atom stereocenters. The highest BCUT2D eigenvalue weighted by Crippen LogP contribution is 2.39. The zero-order valence-corrected chi connectivity index (χ0v) is 12.8. The standard InChI is InChI=1S/C19H18N2O/c1-19(2)11-15(10-16(12-19)18(13-20)21-3)5-4-14-6-8-17(22)9-7-14/h4-10,22H,11-12H2,1-2H3/b5-4+,18-16-. The number of rotatable bonds is 2. The molecular weight excluding hydrogens is 272 g/mol. The molecule has 0 amide bonds. The highest BCUT2D eigenvalue weighted by molar-refractivity contribution is 5.56. The van der Waals surface area contributed by atoms with Crippen LogP contribution in [0.4, 0.5) is 0 Å². The maximum atomic E-state index is 9.29. The molecule has 0 bridgehead atoms. The van der Waals surface area contributed by atoms with Crippen molar-refractivity contribution in [1.82, 2.24) is 0 Å². The van der Waals surface area contributed by atoms with Gasteiger partial charge in [-0.15, -0.1) is 0 Å². The van der Waals surface area contributed by atoms with Crippen molar-refractivity contribution in [1.29, 1.82) is 5.26 Å². The summed E-state index contributed by atoms with van der Waals surface area (Å²) in [6.07, 6.45) is 7.61. The minimum atomic E-state index is 0.0332. The van der Waals surface area contributed by atoms with Gasteiger partial charge in [0.2, 0.25) is 0 Å². The molecule has 3 nitrogen and oxygen atoms in total. The Morgan fingerprint density at radius 1 is 1.27 bits per heavy atom. The highest BCUT2D eigenvalue weighted by Gasteiger charge is 2.26. The number of phenolic OH excluding ortho intramolecular Hbond substituents is 1. The first-order chi connectivity index (χ1) is 10.4. The lowest BCUT2D eigenvalue weighted by Crippen LogP contribution is -2.17. The van der Waals surface area contributed by atoms with E-state index in [1.807, 2.05) is 36.4 Å². The number of hydrogen-bond acceptors (Lipinski definition) is 2. The van der Waals surface area contributed by atoms with E-state index < -0.39 is 0 Å². The fourth-order valence-electron chi connectivity index (χ4n) is 2.67. The van der Waals surface area contributed by atoms with Gasteiger partial charge in [0.15, 0.2) is 0 Å². The number of nitrogens with zero attached hydrogens (tertiary/aromatic N) is 2. The van der Waals surface area contributed by atoms with Crippen molar-refractivity contribution in [2.75, 3.05) is 0 Å². The molecule has 0 spiro atoms. The Morgan fingerprint density at radius 3 is 2.55 bits per heavy atom. The van der Waals surface area contributed by atoms with E-state index in [9.17, 15) is 5.11 Å². The number of allylic oxidation sites excluding steroid dienone is 5. The lowest BCUT2D eigenvalue weighted by atomic mass is 9.74. The van der Waals surface area contributed by atoms with Crippen LogP contribution in [0.2, 0.25) is 0 Å². The molecule has 0 unspecified atom stereocenters. The summed E-state index contributed by atoms with van der Waals surface area (Å²) in [5.74, 6) is 0.246. The van der Waals surface area contributed by atoms with Crippen molar-refractivity contribution in [2.24, 2.45) is 5.41 Å². The van der Waals surface area contributed by atoms with E-state index in [0.29, 0.717) is 0 Å². The van der Waals surface area contributed by atoms with Gasteiger partial charge in [0, 0.05) is 0 Å². The van der Waals surface area contributed by atoms with Gasteiger partial charge in [-0.3, -0.25) is 0 Å². The van der Waals surface area contributed by atoms with Gasteiger partial charge in [0.25, 0.3) is 5.70 Å². The van der Waals surface area contributed by atoms with Gasteiger partial charge in [-0.25, -0.2) is 10.1 Å². The number of hydrogen-bond donors (Lipinski definition) is 1. The third kappa shape index (κ3) is 3.87. The highest BCUT2D eigenvalue weighted by atomic mass is 16.3. The summed E-state index contributed by atoms with van der Waals surface area (Å²) in [5.41, 5.74) is 3.14. The van der Waals surface area contributed by atoms with Crippen molar-refractivity contribution < 1.29 is 5.11 Å². The van der Waals surface area contributed by atoms with E-state index in [-0.39, 0.29) is 16.9 Å². The third-order valence-electron chi connectivity index (χ3n) is 3.62. The van der Waals surface area contributed by atoms with Crippen molar-refractivity contribution >= 4 is 6.08 Å². The summed E-state index contributed by atoms with van der Waals surface area (Å²) in [6.45, 7) is 11.4. The fraction of sp³-hybridized carbons (Fsp3) is 0.263. The number of aromatic hydroxyl groups is 1. The number of nitriles is 1. The molecule has 110 valence electrons. The Balaban J connectivity index is 2.33. The van der Waals surface area contributed by atoms with E-state index in [1.54, 1.807) is 12.1 Å². The average molecular weight is 290 g/mol. The Morgan fingerprint density at radius 2 is 1.95 bits per heavy atom. The minimum Gasteiger partial charge on any atom is -0.508 e. The second-order valence-corrected chi connectivity index (χ2v) is 6.26. The third-order valence-corrected chi connectivity index (χ3v) is 3.62. The van der Waals surface area contributed by atoms with Crippen LogP contribution >= 0.6 is 0 Å². The van der Waals surface area contributed by atoms with Crippen molar-refractivity contribution in [3.05, 3.63) is 70.2 Å². The molecule has 1 N–H and O–H groups in total. The lowest BCUT2D eigenvalue weighted by Gasteiger charge is -2.30. The number of benzene rings is 1. The number of phenols is 1. The summed E-state index contributed by atoms with van der Waals surface area (Å²) in [7, 11) is 0. The zero-order chi connectivity index (χ0) is 16.2. The molecule has 3 heteroatoms. The van der Waals surface area contributed by atoms with Gasteiger partial charge in [-0.05, 0) is 47.1 Å². The smallest absolute Gasteiger partial charge is 0.265 e. The zero-order valence-electron chi connectivity index (χ0n) is 12.8. The van der Waals surface area contributed by atoms with Crippen molar-refractivity contribution in [2.45, 2.75) is 26.7 Å². The molecule has 0 saturated heterocycles. The van der Waals surface area contributed by atoms with Crippen LogP contribution in [-0.2, 0) is 0 Å². The maximum absolute atomic E-state index is 9.29. The van der Waals surface area contributed by atoms with Crippen LogP contribution in [0.25, 0.3) is 10.9 Å². The molecule has 0 radical (unpaired) electrons. The molecule has 1 aromatic carbocycles. The van der Waals surface area contributed by atoms with Crippen LogP contribution in [0.15, 0.2) is 53.3 Å². The Kier molecular flexibility index (Phi) is 4.49. The lowest BCUT2D eigenvalue weighted by molar-refractivity contribution is 0.354. The SMILES string of the molecule is [C-]#[N+]/C(C#N)=C1C=C(/C=C/c2ccc(O)cc2)CC(C)(C)C/1. The van der Waals surface area contributed by atoms with Crippen molar-refractivity contribution in [3.63, 3.8) is 0 Å². The molecule has 22 heavy (non-hydrogen) atoms. The molecule has 0 fully saturated rings. The molecule has 0 aromatic heterocycles. The summed E-state index contributed by atoms with van der Waals surface area (Å²) < 4.78 is 0. The van der Waals surface area contributed by atoms with E-state index in [0.717, 1.165) is 29.6 Å². The van der Waals surface area contributed by atoms with Gasteiger partial charge in [-0.2, -0.15) is 0 Å². The van der Waals surface area contributed by atoms with E-state index in [1.165, 1.54) is 0 Å². The fourth-order valence-corrected chi connectivity index (χ4v) is 2.67. The summed E-state index contributed by atoms with van der Waals surface area (Å²) in [5, 5.41) is 18.4. The van der Waals surface area contributed by atoms with Crippen LogP contribution in [0.5, 0.6) is 5.75 Å². The monoisotopic (exact) mass is 290 g/mol. The van der Waals surface area contributed by atoms with Crippen LogP contribution in [0.1, 0.15) is 32.3 Å². The molecular formula is C19H18N2O. The molecule has 1 aliphatic rings. The Labute approximate surface area is 131 Å². The van der Waals surface area contributed by atoms with Crippen LogP contribution in [0.3, 0.4) is 0 Å². The molecule has 0 heterocycles. The first kappa shape index (κ1) is 15.6. The van der Waals surface area contributed by atoms with E-state index >= 15 is 0 Å². The predicted octanol–water partition coefficient (Wildman–Crippen LogP) is 4.85. The van der Waals surface area contributed by atoms with Gasteiger partial charge < -0.3 is 5.11 Å². The van der Waals surface area contributed by atoms with Crippen molar-refractivity contribution in [3.8, 4) is 11.8 Å². The van der Waals surface area contributed by atoms with E-state index in [4.69, 9.17) is 11.8 Å². The van der Waals surface area contributed by atoms with Gasteiger partial charge in [-0.1, -0.05) is 44.2 Å². The van der Waals surface area contributed by atoms with Gasteiger partial charge in [0.05, 0.1) is 12.6 Å². The summed E-state index contributed by atoms with van der Waals surface area (Å²) in [6, 6.07) is 8.98. The molecule has 2 rings (SSSR count). The van der Waals surface area contributed by atoms with E-state index in [2.05, 4.69) is 18.7 Å². The molecule has 0 saturated carbocycles. The van der Waals surface area contributed by atoms with Crippen LogP contribution < -0.4 is 0 Å². The average Bonchev–Trinajstić information content (AvgIpc) is 2.46.